The van der Waals surface area contributed by atoms with E-state index in [0.29, 0.717) is 26.1 Å². The van der Waals surface area contributed by atoms with Gasteiger partial charge in [-0.05, 0) is 38.2 Å². The maximum absolute atomic E-state index is 14.6. The summed E-state index contributed by atoms with van der Waals surface area (Å²) >= 11 is 0. The first-order valence-electron chi connectivity index (χ1n) is 15.2. The van der Waals surface area contributed by atoms with Crippen molar-refractivity contribution in [2.75, 3.05) is 19.7 Å². The number of rotatable bonds is 9. The van der Waals surface area contributed by atoms with Gasteiger partial charge in [0.1, 0.15) is 11.6 Å². The standard InChI is InChI=1S/C33H45N3O5/c1-6-12-23(4)35-18-11-16-33-27(30(39)36(28(33)31(35)40)25(21-37)19-22(2)3)26-29(38)34(17-10-15-32(26,5)41-33)20-24-13-8-7-9-14-24/h7-11,13-16,22-23,25-28,37H,6,12,17-21H2,1-5H3/t23?,25-,26+,27+,28?,32-,33+/m1/s1. The molecule has 4 heterocycles. The van der Waals surface area contributed by atoms with Gasteiger partial charge in [-0.1, -0.05) is 81.8 Å². The summed E-state index contributed by atoms with van der Waals surface area (Å²) in [5.74, 6) is -2.10. The van der Waals surface area contributed by atoms with Gasteiger partial charge in [0, 0.05) is 25.7 Å². The van der Waals surface area contributed by atoms with E-state index in [-0.39, 0.29) is 36.3 Å². The second kappa shape index (κ2) is 11.4. The van der Waals surface area contributed by atoms with Crippen LogP contribution in [0.15, 0.2) is 54.6 Å². The normalized spacial score (nSPS) is 32.6. The van der Waals surface area contributed by atoms with Gasteiger partial charge in [-0.3, -0.25) is 14.4 Å². The van der Waals surface area contributed by atoms with Crippen molar-refractivity contribution in [2.45, 2.75) is 89.8 Å². The zero-order valence-corrected chi connectivity index (χ0v) is 25.0. The van der Waals surface area contributed by atoms with Crippen molar-refractivity contribution in [2.24, 2.45) is 17.8 Å². The van der Waals surface area contributed by atoms with Crippen molar-refractivity contribution < 1.29 is 24.2 Å². The Morgan fingerprint density at radius 2 is 1.68 bits per heavy atom. The van der Waals surface area contributed by atoms with Crippen LogP contribution in [0.5, 0.6) is 0 Å². The van der Waals surface area contributed by atoms with Gasteiger partial charge in [0.05, 0.1) is 30.1 Å². The SMILES string of the molecule is CCCC(C)N1CC=C[C@]23O[C@]4(C)C=CCN(Cc5ccccc5)C(=O)[C@@H]4[C@H]2C(=O)N([C@@H](CO)CC(C)C)C3C1=O. The Morgan fingerprint density at radius 1 is 0.976 bits per heavy atom. The highest BCUT2D eigenvalue weighted by Crippen LogP contribution is 2.58. The third-order valence-electron chi connectivity index (χ3n) is 9.41. The molecule has 41 heavy (non-hydrogen) atoms. The number of hydrogen-bond donors (Lipinski definition) is 1. The molecule has 4 aliphatic rings. The molecule has 2 unspecified atom stereocenters. The van der Waals surface area contributed by atoms with Crippen LogP contribution in [-0.4, -0.2) is 86.6 Å². The molecule has 0 saturated carbocycles. The van der Waals surface area contributed by atoms with E-state index in [1.54, 1.807) is 9.80 Å². The van der Waals surface area contributed by atoms with Gasteiger partial charge in [0.2, 0.25) is 17.7 Å². The first kappa shape index (κ1) is 29.5. The van der Waals surface area contributed by atoms with Crippen LogP contribution in [0.1, 0.15) is 59.4 Å². The summed E-state index contributed by atoms with van der Waals surface area (Å²) < 4.78 is 6.94. The Bertz CT molecular complexity index is 1210. The lowest BCUT2D eigenvalue weighted by molar-refractivity contribution is -0.157. The number of nitrogens with zero attached hydrogens (tertiary/aromatic N) is 3. The van der Waals surface area contributed by atoms with Gasteiger partial charge in [-0.15, -0.1) is 0 Å². The molecule has 0 radical (unpaired) electrons. The number of aliphatic hydroxyl groups is 1. The average Bonchev–Trinajstić information content (AvgIpc) is 3.21. The zero-order chi connectivity index (χ0) is 29.5. The van der Waals surface area contributed by atoms with E-state index < -0.39 is 35.1 Å². The summed E-state index contributed by atoms with van der Waals surface area (Å²) in [6.07, 6.45) is 10.00. The number of amides is 3. The molecule has 1 spiro atoms. The van der Waals surface area contributed by atoms with Gasteiger partial charge in [-0.25, -0.2) is 0 Å². The monoisotopic (exact) mass is 563 g/mol. The summed E-state index contributed by atoms with van der Waals surface area (Å²) in [6, 6.07) is 8.29. The predicted octanol–water partition coefficient (Wildman–Crippen LogP) is 3.55. The maximum atomic E-state index is 14.6. The quantitative estimate of drug-likeness (QED) is 0.464. The maximum Gasteiger partial charge on any atom is 0.249 e. The predicted molar refractivity (Wildman–Crippen MR) is 156 cm³/mol. The minimum Gasteiger partial charge on any atom is -0.394 e. The minimum atomic E-state index is -1.31. The minimum absolute atomic E-state index is 0.0219. The van der Waals surface area contributed by atoms with Crippen molar-refractivity contribution >= 4 is 17.7 Å². The van der Waals surface area contributed by atoms with Crippen LogP contribution in [-0.2, 0) is 25.7 Å². The van der Waals surface area contributed by atoms with Crippen LogP contribution >= 0.6 is 0 Å². The third-order valence-corrected chi connectivity index (χ3v) is 9.41. The molecule has 2 saturated heterocycles. The molecule has 1 aromatic rings. The van der Waals surface area contributed by atoms with Crippen molar-refractivity contribution in [3.63, 3.8) is 0 Å². The Hall–Kier alpha value is -2.97. The lowest BCUT2D eigenvalue weighted by atomic mass is 9.74. The molecule has 7 atom stereocenters. The van der Waals surface area contributed by atoms with E-state index in [9.17, 15) is 19.5 Å². The molecule has 8 heteroatoms. The lowest BCUT2D eigenvalue weighted by Crippen LogP contribution is -2.59. The molecule has 3 amide bonds. The molecular weight excluding hydrogens is 518 g/mol. The number of ether oxygens (including phenoxy) is 1. The molecule has 4 aliphatic heterocycles. The third kappa shape index (κ3) is 4.93. The van der Waals surface area contributed by atoms with Gasteiger partial charge >= 0.3 is 0 Å². The Labute approximate surface area is 244 Å². The number of fused-ring (bicyclic) bond motifs is 2. The van der Waals surface area contributed by atoms with E-state index in [1.165, 1.54) is 0 Å². The fraction of sp³-hybridized carbons (Fsp3) is 0.606. The molecule has 222 valence electrons. The van der Waals surface area contributed by atoms with Crippen LogP contribution in [0.3, 0.4) is 0 Å². The van der Waals surface area contributed by atoms with Crippen molar-refractivity contribution in [1.82, 2.24) is 14.7 Å². The number of carbonyl (C=O) groups excluding carboxylic acids is 3. The van der Waals surface area contributed by atoms with Crippen LogP contribution < -0.4 is 0 Å². The van der Waals surface area contributed by atoms with Crippen LogP contribution in [0, 0.1) is 17.8 Å². The smallest absolute Gasteiger partial charge is 0.249 e. The van der Waals surface area contributed by atoms with Crippen LogP contribution in [0.4, 0.5) is 0 Å². The first-order chi connectivity index (χ1) is 19.6. The van der Waals surface area contributed by atoms with Gasteiger partial charge < -0.3 is 24.5 Å². The van der Waals surface area contributed by atoms with Gasteiger partial charge in [0.25, 0.3) is 0 Å². The summed E-state index contributed by atoms with van der Waals surface area (Å²) in [7, 11) is 0. The summed E-state index contributed by atoms with van der Waals surface area (Å²) in [5.41, 5.74) is -1.37. The van der Waals surface area contributed by atoms with Crippen molar-refractivity contribution in [3.8, 4) is 0 Å². The topological polar surface area (TPSA) is 90.4 Å². The average molecular weight is 564 g/mol. The summed E-state index contributed by atoms with van der Waals surface area (Å²) in [6.45, 7) is 11.1. The molecule has 0 aromatic heterocycles. The number of likely N-dealkylation sites (tertiary alicyclic amines) is 1. The largest absolute Gasteiger partial charge is 0.394 e. The highest BCUT2D eigenvalue weighted by atomic mass is 16.5. The number of hydrogen-bond acceptors (Lipinski definition) is 5. The highest BCUT2D eigenvalue weighted by Gasteiger charge is 2.75. The molecule has 1 N–H and O–H groups in total. The highest BCUT2D eigenvalue weighted by molar-refractivity contribution is 6.00. The van der Waals surface area contributed by atoms with Gasteiger partial charge in [0.15, 0.2) is 0 Å². The fourth-order valence-corrected chi connectivity index (χ4v) is 7.66. The van der Waals surface area contributed by atoms with Crippen LogP contribution in [0.2, 0.25) is 0 Å². The number of benzene rings is 1. The van der Waals surface area contributed by atoms with Crippen LogP contribution in [0.25, 0.3) is 0 Å². The van der Waals surface area contributed by atoms with E-state index >= 15 is 0 Å². The summed E-state index contributed by atoms with van der Waals surface area (Å²) in [4.78, 5) is 48.8. The molecule has 8 nitrogen and oxygen atoms in total. The molecule has 0 bridgehead atoms. The Kier molecular flexibility index (Phi) is 8.18. The Morgan fingerprint density at radius 3 is 2.34 bits per heavy atom. The van der Waals surface area contributed by atoms with E-state index in [0.717, 1.165) is 18.4 Å². The lowest BCUT2D eigenvalue weighted by Gasteiger charge is -2.41. The van der Waals surface area contributed by atoms with E-state index in [4.69, 9.17) is 4.74 Å². The van der Waals surface area contributed by atoms with E-state index in [2.05, 4.69) is 6.92 Å². The number of carbonyl (C=O) groups is 3. The second-order valence-corrected chi connectivity index (χ2v) is 12.8. The molecule has 1 aromatic carbocycles. The molecule has 5 rings (SSSR count). The second-order valence-electron chi connectivity index (χ2n) is 12.8. The van der Waals surface area contributed by atoms with Crippen molar-refractivity contribution in [3.05, 3.63) is 60.2 Å². The fourth-order valence-electron chi connectivity index (χ4n) is 7.66. The van der Waals surface area contributed by atoms with Gasteiger partial charge in [-0.2, -0.15) is 0 Å². The number of aliphatic hydroxyl groups excluding tert-OH is 1. The zero-order valence-electron chi connectivity index (χ0n) is 25.0. The molecular formula is C33H45N3O5. The Balaban J connectivity index is 1.61. The van der Waals surface area contributed by atoms with E-state index in [1.807, 2.05) is 87.2 Å². The van der Waals surface area contributed by atoms with Crippen molar-refractivity contribution in [1.29, 1.82) is 0 Å². The molecule has 0 aliphatic carbocycles. The first-order valence-corrected chi connectivity index (χ1v) is 15.2. The molecule has 2 fully saturated rings. The summed E-state index contributed by atoms with van der Waals surface area (Å²) in [5, 5.41) is 10.5.